The van der Waals surface area contributed by atoms with E-state index in [4.69, 9.17) is 19.7 Å². The summed E-state index contributed by atoms with van der Waals surface area (Å²) in [6.45, 7) is 4.81. The van der Waals surface area contributed by atoms with Crippen LogP contribution in [0, 0.1) is 5.41 Å². The second kappa shape index (κ2) is 22.2. The van der Waals surface area contributed by atoms with Crippen LogP contribution >= 0.6 is 21.6 Å². The van der Waals surface area contributed by atoms with Gasteiger partial charge in [0.2, 0.25) is 12.3 Å². The Morgan fingerprint density at radius 1 is 1.12 bits per heavy atom. The van der Waals surface area contributed by atoms with Crippen molar-refractivity contribution in [3.05, 3.63) is 108 Å². The number of nitrogens with zero attached hydrogens (tertiary/aromatic N) is 3. The highest BCUT2D eigenvalue weighted by atomic mass is 33.1. The van der Waals surface area contributed by atoms with E-state index in [1.54, 1.807) is 57.9 Å². The molecule has 312 valence electrons. The molecule has 5 rings (SSSR count). The molecule has 1 unspecified atom stereocenters. The van der Waals surface area contributed by atoms with Gasteiger partial charge in [-0.1, -0.05) is 64.1 Å². The summed E-state index contributed by atoms with van der Waals surface area (Å²) in [5.74, 6) is 0.0198. The third-order valence-electron chi connectivity index (χ3n) is 8.98. The number of rotatable bonds is 16. The zero-order valence-corrected chi connectivity index (χ0v) is 35.7. The number of amidine groups is 1. The summed E-state index contributed by atoms with van der Waals surface area (Å²) < 4.78 is 11.5. The fourth-order valence-electron chi connectivity index (χ4n) is 6.16. The highest BCUT2D eigenvalue weighted by molar-refractivity contribution is 8.77. The first-order valence-electron chi connectivity index (χ1n) is 18.8. The molecule has 59 heavy (non-hydrogen) atoms. The first kappa shape index (κ1) is 45.7. The van der Waals surface area contributed by atoms with E-state index in [9.17, 15) is 14.4 Å². The lowest BCUT2D eigenvalue weighted by Gasteiger charge is -2.23. The molecule has 1 atom stereocenters. The number of allylic oxidation sites excluding steroid dienone is 4. The molecule has 0 spiro atoms. The Morgan fingerprint density at radius 3 is 2.54 bits per heavy atom. The van der Waals surface area contributed by atoms with Crippen LogP contribution in [0.1, 0.15) is 48.2 Å². The van der Waals surface area contributed by atoms with Crippen molar-refractivity contribution in [2.24, 2.45) is 10.7 Å². The van der Waals surface area contributed by atoms with Gasteiger partial charge in [-0.3, -0.25) is 34.5 Å². The smallest absolute Gasteiger partial charge is 0.286 e. The summed E-state index contributed by atoms with van der Waals surface area (Å²) in [5, 5.41) is 17.1. The number of likely N-dealkylation sites (N-methyl/N-ethyl adjacent to an activating group) is 1. The molecule has 4 amide bonds. The number of methoxy groups -OCH3 is 1. The van der Waals surface area contributed by atoms with E-state index in [2.05, 4.69) is 26.7 Å². The highest BCUT2D eigenvalue weighted by Gasteiger charge is 2.36. The van der Waals surface area contributed by atoms with Crippen molar-refractivity contribution >= 4 is 80.4 Å². The molecule has 0 saturated carbocycles. The van der Waals surface area contributed by atoms with Gasteiger partial charge in [0, 0.05) is 74.3 Å². The number of nitrogens with two attached hydrogens (primary N) is 1. The molecule has 0 bridgehead atoms. The quantitative estimate of drug-likeness (QED) is 0.0272. The molecule has 0 saturated heterocycles. The Morgan fingerprint density at radius 2 is 1.85 bits per heavy atom. The zero-order valence-electron chi connectivity index (χ0n) is 34.1. The lowest BCUT2D eigenvalue weighted by molar-refractivity contribution is -0.116. The van der Waals surface area contributed by atoms with Crippen LogP contribution in [0.2, 0.25) is 0 Å². The zero-order chi connectivity index (χ0) is 43.0. The summed E-state index contributed by atoms with van der Waals surface area (Å²) in [7, 11) is 8.32. The number of hydrogen-bond acceptors (Lipinski definition) is 11. The Labute approximate surface area is 353 Å². The van der Waals surface area contributed by atoms with Crippen LogP contribution in [-0.4, -0.2) is 92.5 Å². The van der Waals surface area contributed by atoms with Crippen LogP contribution in [-0.2, 0) is 20.8 Å². The third kappa shape index (κ3) is 12.7. The molecule has 6 N–H and O–H groups in total. The number of ether oxygens (including phenoxy) is 2. The average Bonchev–Trinajstić information content (AvgIpc) is 3.54. The minimum Gasteiger partial charge on any atom is -0.493 e. The predicted molar refractivity (Wildman–Crippen MR) is 241 cm³/mol. The van der Waals surface area contributed by atoms with Gasteiger partial charge in [-0.2, -0.15) is 0 Å². The van der Waals surface area contributed by atoms with E-state index in [1.807, 2.05) is 100 Å². The molecule has 0 radical (unpaired) electrons. The number of aliphatic imine (C=N–C) groups is 1. The van der Waals surface area contributed by atoms with E-state index in [-0.39, 0.29) is 47.9 Å². The summed E-state index contributed by atoms with van der Waals surface area (Å²) in [5.41, 5.74) is 9.63. The summed E-state index contributed by atoms with van der Waals surface area (Å²) in [6.07, 6.45) is 14.5. The minimum absolute atomic E-state index is 0.133. The number of nitrogens with one attached hydrogen (secondary N) is 4. The van der Waals surface area contributed by atoms with Gasteiger partial charge >= 0.3 is 0 Å². The van der Waals surface area contributed by atoms with Gasteiger partial charge in [0.1, 0.15) is 0 Å². The molecule has 2 aliphatic rings. The maximum absolute atomic E-state index is 13.7. The van der Waals surface area contributed by atoms with Crippen molar-refractivity contribution in [3.8, 4) is 11.5 Å². The first-order valence-corrected chi connectivity index (χ1v) is 21.3. The monoisotopic (exact) mass is 840 g/mol. The van der Waals surface area contributed by atoms with Crippen molar-refractivity contribution in [2.75, 3.05) is 50.8 Å². The van der Waals surface area contributed by atoms with Crippen molar-refractivity contribution in [3.63, 3.8) is 0 Å². The van der Waals surface area contributed by atoms with Gasteiger partial charge < -0.3 is 36.1 Å². The second-order valence-electron chi connectivity index (χ2n) is 13.8. The number of fused-ring (bicyclic) bond motifs is 4. The number of hydrogen-bond donors (Lipinski definition) is 5. The van der Waals surface area contributed by atoms with E-state index >= 15 is 0 Å². The molecule has 2 heterocycles. The van der Waals surface area contributed by atoms with Crippen LogP contribution in [0.3, 0.4) is 0 Å². The normalized spacial score (nSPS) is 14.3. The van der Waals surface area contributed by atoms with Gasteiger partial charge in [-0.25, -0.2) is 0 Å². The molecule has 0 aromatic heterocycles. The van der Waals surface area contributed by atoms with E-state index in [0.29, 0.717) is 47.8 Å². The Kier molecular flexibility index (Phi) is 17.2. The fraction of sp³-hybridized carbons (Fsp3) is 0.302. The molecule has 3 aromatic rings. The molecule has 16 heteroatoms. The first-order chi connectivity index (χ1) is 28.4. The minimum atomic E-state index is -0.434. The number of para-hydroxylation sites is 1. The van der Waals surface area contributed by atoms with Crippen molar-refractivity contribution in [1.82, 2.24) is 15.5 Å². The van der Waals surface area contributed by atoms with E-state index in [0.717, 1.165) is 22.4 Å². The Balaban J connectivity index is 0.00000248. The molecule has 0 fully saturated rings. The Bertz CT molecular complexity index is 2100. The van der Waals surface area contributed by atoms with Crippen molar-refractivity contribution < 1.29 is 28.7 Å². The number of carbonyl (C=O) groups excluding carboxylic acids is 4. The van der Waals surface area contributed by atoms with Gasteiger partial charge in [-0.05, 0) is 73.6 Å². The van der Waals surface area contributed by atoms with Crippen LogP contribution in [0.4, 0.5) is 17.1 Å². The topological polar surface area (TPSA) is 192 Å². The number of benzene rings is 3. The number of primary amides is 1. The molecule has 2 aliphatic heterocycles. The van der Waals surface area contributed by atoms with Crippen molar-refractivity contribution in [1.29, 1.82) is 5.41 Å². The van der Waals surface area contributed by atoms with Crippen LogP contribution in [0.5, 0.6) is 11.5 Å². The molecule has 0 aliphatic carbocycles. The molecule has 14 nitrogen and oxygen atoms in total. The van der Waals surface area contributed by atoms with Crippen LogP contribution in [0.25, 0.3) is 5.57 Å². The lowest BCUT2D eigenvalue weighted by atomic mass is 10.1. The third-order valence-corrected chi connectivity index (χ3v) is 11.6. The predicted octanol–water partition coefficient (Wildman–Crippen LogP) is 6.33. The van der Waals surface area contributed by atoms with Crippen molar-refractivity contribution in [2.45, 2.75) is 43.9 Å². The maximum Gasteiger partial charge on any atom is 0.286 e. The summed E-state index contributed by atoms with van der Waals surface area (Å²) >= 11 is 0. The maximum atomic E-state index is 13.7. The summed E-state index contributed by atoms with van der Waals surface area (Å²) in [4.78, 5) is 55.4. The van der Waals surface area contributed by atoms with Gasteiger partial charge in [0.25, 0.3) is 11.8 Å². The molecular weight excluding hydrogens is 789 g/mol. The van der Waals surface area contributed by atoms with Crippen LogP contribution < -0.4 is 36.1 Å². The standard InChI is InChI=1S/C42H49N7O5S2.CH3NO/c1-42(2,56-55-6)27-46-40(51)39(43)48(4)20-10-9-13-30(25-44-3)28-16-18-31(19-17-28)47-38(50)15-11-21-54-37-24-34-33(23-36(37)53-5)41(52)49-32(26-45-34)22-29-12-7-8-14-35(29)49;2-1-3/h7-10,12-14,16-20,23-26,32,43-44H,11,15,21-22,27H2,1-6H3,(H,46,51)(H,47,50);1H,(H2,2,3)/b13-9+,20-10+,30-25+,43-39?;. The summed E-state index contributed by atoms with van der Waals surface area (Å²) in [6, 6.07) is 18.7. The largest absolute Gasteiger partial charge is 0.493 e. The average molecular weight is 841 g/mol. The van der Waals surface area contributed by atoms with E-state index in [1.165, 1.54) is 12.0 Å². The van der Waals surface area contributed by atoms with E-state index < -0.39 is 5.91 Å². The van der Waals surface area contributed by atoms with Crippen LogP contribution in [0.15, 0.2) is 96.3 Å². The molecule has 3 aromatic carbocycles. The molecular formula is C43H52N8O6S2. The highest BCUT2D eigenvalue weighted by Crippen LogP contribution is 2.41. The fourth-order valence-corrected chi connectivity index (χ4v) is 8.27. The lowest BCUT2D eigenvalue weighted by Crippen LogP contribution is -2.43. The van der Waals surface area contributed by atoms with Gasteiger partial charge in [0.05, 0.1) is 31.0 Å². The van der Waals surface area contributed by atoms with Gasteiger partial charge in [0.15, 0.2) is 17.3 Å². The second-order valence-corrected chi connectivity index (χ2v) is 16.9. The number of amides is 4. The number of carbonyl (C=O) groups is 4. The number of anilines is 2. The van der Waals surface area contributed by atoms with Gasteiger partial charge in [-0.15, -0.1) is 0 Å². The Hall–Kier alpha value is -6.00. The SMILES string of the molecule is CN\C=C(/C=C/C=C/N(C)C(=N)C(=O)NCC(C)(C)SSC)c1ccc(NC(=O)CCCOc2cc3c(cc2OC)C(=O)N2c4ccccc4CC2C=N3)cc1.NC=O.